The van der Waals surface area contributed by atoms with E-state index in [0.29, 0.717) is 5.41 Å². The van der Waals surface area contributed by atoms with Gasteiger partial charge in [0.1, 0.15) is 0 Å². The zero-order valence-corrected chi connectivity index (χ0v) is 11.6. The highest BCUT2D eigenvalue weighted by Crippen LogP contribution is 2.27. The standard InChI is InChI=1S/C14H30N2/c1-12-5-7-13(8-6-12)16(4)10-9-14(2,3)11-15/h12-13H,5-11,15H2,1-4H3. The van der Waals surface area contributed by atoms with Gasteiger partial charge in [-0.3, -0.25) is 0 Å². The van der Waals surface area contributed by atoms with Crippen molar-refractivity contribution < 1.29 is 0 Å². The number of hydrogen-bond donors (Lipinski definition) is 1. The molecule has 2 heteroatoms. The largest absolute Gasteiger partial charge is 0.330 e. The zero-order chi connectivity index (χ0) is 12.2. The molecule has 0 aromatic carbocycles. The van der Waals surface area contributed by atoms with Gasteiger partial charge in [0, 0.05) is 6.04 Å². The van der Waals surface area contributed by atoms with Crippen LogP contribution in [0.2, 0.25) is 0 Å². The Morgan fingerprint density at radius 2 is 1.75 bits per heavy atom. The van der Waals surface area contributed by atoms with Crippen molar-refractivity contribution in [3.63, 3.8) is 0 Å². The number of hydrogen-bond acceptors (Lipinski definition) is 2. The van der Waals surface area contributed by atoms with Crippen molar-refractivity contribution >= 4 is 0 Å². The van der Waals surface area contributed by atoms with Gasteiger partial charge in [-0.25, -0.2) is 0 Å². The summed E-state index contributed by atoms with van der Waals surface area (Å²) < 4.78 is 0. The van der Waals surface area contributed by atoms with Gasteiger partial charge in [0.05, 0.1) is 0 Å². The van der Waals surface area contributed by atoms with Gasteiger partial charge >= 0.3 is 0 Å². The van der Waals surface area contributed by atoms with Crippen LogP contribution in [0.25, 0.3) is 0 Å². The number of rotatable bonds is 5. The molecule has 2 nitrogen and oxygen atoms in total. The SMILES string of the molecule is CC1CCC(N(C)CCC(C)(C)CN)CC1. The second kappa shape index (κ2) is 6.02. The molecule has 1 rings (SSSR count). The van der Waals surface area contributed by atoms with Crippen LogP contribution in [0.5, 0.6) is 0 Å². The molecule has 0 bridgehead atoms. The van der Waals surface area contributed by atoms with Crippen LogP contribution in [-0.4, -0.2) is 31.1 Å². The Kier molecular flexibility index (Phi) is 5.26. The lowest BCUT2D eigenvalue weighted by Gasteiger charge is -2.35. The lowest BCUT2D eigenvalue weighted by Crippen LogP contribution is -2.38. The topological polar surface area (TPSA) is 29.3 Å². The lowest BCUT2D eigenvalue weighted by molar-refractivity contribution is 0.150. The highest BCUT2D eigenvalue weighted by molar-refractivity contribution is 4.78. The molecule has 0 radical (unpaired) electrons. The molecular formula is C14H30N2. The average molecular weight is 226 g/mol. The fourth-order valence-electron chi connectivity index (χ4n) is 2.45. The van der Waals surface area contributed by atoms with Crippen LogP contribution >= 0.6 is 0 Å². The van der Waals surface area contributed by atoms with E-state index in [1.807, 2.05) is 0 Å². The van der Waals surface area contributed by atoms with Crippen molar-refractivity contribution in [1.82, 2.24) is 4.90 Å². The molecule has 0 atom stereocenters. The summed E-state index contributed by atoms with van der Waals surface area (Å²) in [5.41, 5.74) is 6.07. The minimum absolute atomic E-state index is 0.302. The van der Waals surface area contributed by atoms with E-state index in [2.05, 4.69) is 32.7 Å². The van der Waals surface area contributed by atoms with Crippen molar-refractivity contribution in [2.75, 3.05) is 20.1 Å². The molecule has 96 valence electrons. The molecule has 0 saturated heterocycles. The monoisotopic (exact) mass is 226 g/mol. The van der Waals surface area contributed by atoms with E-state index in [0.717, 1.165) is 18.5 Å². The average Bonchev–Trinajstić information content (AvgIpc) is 2.27. The smallest absolute Gasteiger partial charge is 0.00924 e. The van der Waals surface area contributed by atoms with E-state index in [4.69, 9.17) is 5.73 Å². The molecule has 0 spiro atoms. The molecule has 0 unspecified atom stereocenters. The Morgan fingerprint density at radius 3 is 2.25 bits per heavy atom. The van der Waals surface area contributed by atoms with Crippen LogP contribution in [0.15, 0.2) is 0 Å². The molecule has 1 saturated carbocycles. The Hall–Kier alpha value is -0.0800. The van der Waals surface area contributed by atoms with Gasteiger partial charge in [0.25, 0.3) is 0 Å². The second-order valence-electron chi connectivity index (χ2n) is 6.51. The summed E-state index contributed by atoms with van der Waals surface area (Å²) in [5.74, 6) is 0.949. The van der Waals surface area contributed by atoms with E-state index in [9.17, 15) is 0 Å². The van der Waals surface area contributed by atoms with E-state index in [1.54, 1.807) is 0 Å². The van der Waals surface area contributed by atoms with Crippen LogP contribution in [0.1, 0.15) is 52.9 Å². The third-order valence-corrected chi connectivity index (χ3v) is 4.30. The number of nitrogens with two attached hydrogens (primary N) is 1. The van der Waals surface area contributed by atoms with Gasteiger partial charge in [-0.05, 0) is 63.6 Å². The molecule has 16 heavy (non-hydrogen) atoms. The molecule has 0 aliphatic heterocycles. The van der Waals surface area contributed by atoms with Crippen molar-refractivity contribution in [2.24, 2.45) is 17.1 Å². The molecule has 0 aromatic heterocycles. The van der Waals surface area contributed by atoms with Gasteiger partial charge in [-0.2, -0.15) is 0 Å². The molecule has 0 amide bonds. The summed E-state index contributed by atoms with van der Waals surface area (Å²) in [6.07, 6.45) is 6.82. The van der Waals surface area contributed by atoms with Gasteiger partial charge in [0.2, 0.25) is 0 Å². The van der Waals surface area contributed by atoms with E-state index < -0.39 is 0 Å². The zero-order valence-electron chi connectivity index (χ0n) is 11.6. The second-order valence-corrected chi connectivity index (χ2v) is 6.51. The first-order valence-electron chi connectivity index (χ1n) is 6.85. The molecule has 0 heterocycles. The van der Waals surface area contributed by atoms with E-state index >= 15 is 0 Å². The minimum Gasteiger partial charge on any atom is -0.330 e. The van der Waals surface area contributed by atoms with E-state index in [-0.39, 0.29) is 0 Å². The Balaban J connectivity index is 2.27. The van der Waals surface area contributed by atoms with Crippen LogP contribution in [0.3, 0.4) is 0 Å². The van der Waals surface area contributed by atoms with Crippen molar-refractivity contribution in [3.05, 3.63) is 0 Å². The maximum atomic E-state index is 5.77. The molecule has 0 aromatic rings. The van der Waals surface area contributed by atoms with Gasteiger partial charge in [-0.15, -0.1) is 0 Å². The van der Waals surface area contributed by atoms with Crippen molar-refractivity contribution in [3.8, 4) is 0 Å². The quantitative estimate of drug-likeness (QED) is 0.781. The third kappa shape index (κ3) is 4.42. The Bertz CT molecular complexity index is 193. The molecule has 1 aliphatic rings. The fourth-order valence-corrected chi connectivity index (χ4v) is 2.45. The van der Waals surface area contributed by atoms with Crippen LogP contribution in [0.4, 0.5) is 0 Å². The van der Waals surface area contributed by atoms with Crippen LogP contribution < -0.4 is 5.73 Å². The summed E-state index contributed by atoms with van der Waals surface area (Å²) in [6.45, 7) is 8.91. The lowest BCUT2D eigenvalue weighted by atomic mass is 9.85. The predicted octanol–water partition coefficient (Wildman–Crippen LogP) is 2.87. The predicted molar refractivity (Wildman–Crippen MR) is 71.5 cm³/mol. The molecule has 2 N–H and O–H groups in total. The summed E-state index contributed by atoms with van der Waals surface area (Å²) >= 11 is 0. The third-order valence-electron chi connectivity index (χ3n) is 4.30. The van der Waals surface area contributed by atoms with Crippen LogP contribution in [0, 0.1) is 11.3 Å². The Labute approximate surface area is 102 Å². The van der Waals surface area contributed by atoms with Crippen LogP contribution in [-0.2, 0) is 0 Å². The summed E-state index contributed by atoms with van der Waals surface area (Å²) in [7, 11) is 2.28. The normalized spacial score (nSPS) is 27.4. The number of nitrogens with zero attached hydrogens (tertiary/aromatic N) is 1. The van der Waals surface area contributed by atoms with Crippen molar-refractivity contribution in [1.29, 1.82) is 0 Å². The highest BCUT2D eigenvalue weighted by Gasteiger charge is 2.23. The summed E-state index contributed by atoms with van der Waals surface area (Å²) in [6, 6.07) is 0.824. The molecule has 1 fully saturated rings. The molecular weight excluding hydrogens is 196 g/mol. The molecule has 1 aliphatic carbocycles. The van der Waals surface area contributed by atoms with Crippen molar-refractivity contribution in [2.45, 2.75) is 58.9 Å². The first-order valence-corrected chi connectivity index (χ1v) is 6.85. The minimum atomic E-state index is 0.302. The Morgan fingerprint density at radius 1 is 1.19 bits per heavy atom. The van der Waals surface area contributed by atoms with E-state index in [1.165, 1.54) is 38.6 Å². The van der Waals surface area contributed by atoms with Gasteiger partial charge in [0.15, 0.2) is 0 Å². The summed E-state index contributed by atoms with van der Waals surface area (Å²) in [5, 5.41) is 0. The highest BCUT2D eigenvalue weighted by atomic mass is 15.1. The van der Waals surface area contributed by atoms with Gasteiger partial charge in [-0.1, -0.05) is 20.8 Å². The maximum absolute atomic E-state index is 5.77. The first kappa shape index (κ1) is 14.0. The fraction of sp³-hybridized carbons (Fsp3) is 1.00. The maximum Gasteiger partial charge on any atom is 0.00924 e. The van der Waals surface area contributed by atoms with Gasteiger partial charge < -0.3 is 10.6 Å². The summed E-state index contributed by atoms with van der Waals surface area (Å²) in [4.78, 5) is 2.56. The first-order chi connectivity index (χ1) is 7.44.